The van der Waals surface area contributed by atoms with Gasteiger partial charge in [0.05, 0.1) is 27.6 Å². The summed E-state index contributed by atoms with van der Waals surface area (Å²) in [6.45, 7) is 0. The monoisotopic (exact) mass is 909 g/mol. The normalized spacial score (nSPS) is 12.8. The molecule has 0 bridgehead atoms. The van der Waals surface area contributed by atoms with E-state index in [2.05, 4.69) is 250 Å². The molecule has 4 heterocycles. The maximum atomic E-state index is 2.50. The van der Waals surface area contributed by atoms with Crippen molar-refractivity contribution in [3.05, 3.63) is 247 Å². The lowest BCUT2D eigenvalue weighted by Gasteiger charge is -2.18. The number of hydrogen-bond acceptors (Lipinski definition) is 1. The second-order valence-electron chi connectivity index (χ2n) is 18.7. The smallest absolute Gasteiger partial charge is 0.0541 e. The van der Waals surface area contributed by atoms with Crippen molar-refractivity contribution in [2.45, 2.75) is 12.8 Å². The van der Waals surface area contributed by atoms with Gasteiger partial charge >= 0.3 is 0 Å². The summed E-state index contributed by atoms with van der Waals surface area (Å²) < 4.78 is 9.96. The lowest BCUT2D eigenvalue weighted by atomic mass is 9.90. The van der Waals surface area contributed by atoms with Crippen LogP contribution in [0.4, 0.5) is 0 Å². The Balaban J connectivity index is 0.966. The van der Waals surface area contributed by atoms with Gasteiger partial charge in [0.2, 0.25) is 0 Å². The Morgan fingerprint density at radius 2 is 0.771 bits per heavy atom. The summed E-state index contributed by atoms with van der Waals surface area (Å²) in [6.07, 6.45) is 4.45. The van der Waals surface area contributed by atoms with Gasteiger partial charge in [-0.25, -0.2) is 0 Å². The van der Waals surface area contributed by atoms with E-state index < -0.39 is 0 Å². The van der Waals surface area contributed by atoms with E-state index in [0.717, 1.165) is 12.8 Å². The number of thiophene rings is 1. The maximum absolute atomic E-state index is 2.50. The van der Waals surface area contributed by atoms with Crippen molar-refractivity contribution in [2.75, 3.05) is 0 Å². The molecule has 0 saturated carbocycles. The highest BCUT2D eigenvalue weighted by Crippen LogP contribution is 2.48. The topological polar surface area (TPSA) is 14.8 Å². The van der Waals surface area contributed by atoms with Crippen LogP contribution >= 0.6 is 11.3 Å². The minimum atomic E-state index is 0.973. The predicted octanol–water partition coefficient (Wildman–Crippen LogP) is 18.0. The molecule has 0 aliphatic heterocycles. The molecule has 15 rings (SSSR count). The summed E-state index contributed by atoms with van der Waals surface area (Å²) >= 11 is 1.96. The van der Waals surface area contributed by atoms with Gasteiger partial charge in [-0.05, 0) is 138 Å². The predicted molar refractivity (Wildman–Crippen MR) is 298 cm³/mol. The Hall–Kier alpha value is -8.70. The molecule has 1 aliphatic carbocycles. The van der Waals surface area contributed by atoms with E-state index >= 15 is 0 Å². The van der Waals surface area contributed by atoms with E-state index in [0.29, 0.717) is 0 Å². The molecule has 3 nitrogen and oxygen atoms in total. The lowest BCUT2D eigenvalue weighted by Crippen LogP contribution is -2.05. The molecule has 0 saturated heterocycles. The first-order valence-electron chi connectivity index (χ1n) is 24.3. The highest BCUT2D eigenvalue weighted by molar-refractivity contribution is 7.26. The molecular formula is C66H43N3S. The molecule has 0 N–H and O–H groups in total. The van der Waals surface area contributed by atoms with Gasteiger partial charge in [0.15, 0.2) is 0 Å². The quantitative estimate of drug-likeness (QED) is 0.158. The van der Waals surface area contributed by atoms with Crippen LogP contribution in [0.25, 0.3) is 126 Å². The van der Waals surface area contributed by atoms with Gasteiger partial charge in [0, 0.05) is 81.0 Å². The van der Waals surface area contributed by atoms with E-state index in [1.165, 1.54) is 136 Å². The maximum Gasteiger partial charge on any atom is 0.0541 e. The van der Waals surface area contributed by atoms with Gasteiger partial charge in [-0.1, -0.05) is 140 Å². The molecule has 0 fully saturated rings. The Bertz CT molecular complexity index is 4450. The molecule has 328 valence electrons. The molecule has 0 amide bonds. The van der Waals surface area contributed by atoms with Gasteiger partial charge in [0.1, 0.15) is 0 Å². The van der Waals surface area contributed by atoms with E-state index in [1.807, 2.05) is 11.3 Å². The fourth-order valence-corrected chi connectivity index (χ4v) is 13.2. The van der Waals surface area contributed by atoms with Gasteiger partial charge in [-0.2, -0.15) is 0 Å². The second kappa shape index (κ2) is 15.4. The van der Waals surface area contributed by atoms with Crippen LogP contribution in [0.5, 0.6) is 0 Å². The Morgan fingerprint density at radius 1 is 0.300 bits per heavy atom. The van der Waals surface area contributed by atoms with Gasteiger partial charge in [0.25, 0.3) is 0 Å². The van der Waals surface area contributed by atoms with Crippen LogP contribution in [0, 0.1) is 0 Å². The number of hydrogen-bond donors (Lipinski definition) is 0. The fraction of sp³-hybridized carbons (Fsp3) is 0.0303. The van der Waals surface area contributed by atoms with Crippen molar-refractivity contribution >= 4 is 97.7 Å². The van der Waals surface area contributed by atoms with Crippen LogP contribution < -0.4 is 0 Å². The third-order valence-corrected chi connectivity index (χ3v) is 16.2. The summed E-state index contributed by atoms with van der Waals surface area (Å²) in [6, 6.07) is 85.2. The van der Waals surface area contributed by atoms with Crippen LogP contribution in [0.2, 0.25) is 0 Å². The molecule has 70 heavy (non-hydrogen) atoms. The van der Waals surface area contributed by atoms with Crippen molar-refractivity contribution in [3.63, 3.8) is 0 Å². The summed E-state index contributed by atoms with van der Waals surface area (Å²) in [7, 11) is 0. The number of nitrogens with zero attached hydrogens (tertiary/aromatic N) is 3. The van der Waals surface area contributed by atoms with Gasteiger partial charge in [-0.3, -0.25) is 0 Å². The number of rotatable bonds is 6. The van der Waals surface area contributed by atoms with Gasteiger partial charge in [-0.15, -0.1) is 11.3 Å². The fourth-order valence-electron chi connectivity index (χ4n) is 11.8. The summed E-state index contributed by atoms with van der Waals surface area (Å²) in [4.78, 5) is 0. The van der Waals surface area contributed by atoms with E-state index in [4.69, 9.17) is 0 Å². The Labute approximate surface area is 408 Å². The lowest BCUT2D eigenvalue weighted by molar-refractivity contribution is 0.898. The first-order valence-corrected chi connectivity index (χ1v) is 25.1. The van der Waals surface area contributed by atoms with Crippen LogP contribution in [0.15, 0.2) is 231 Å². The molecular weight excluding hydrogens is 867 g/mol. The van der Waals surface area contributed by atoms with Gasteiger partial charge < -0.3 is 13.7 Å². The first kappa shape index (κ1) is 39.3. The number of para-hydroxylation sites is 6. The van der Waals surface area contributed by atoms with E-state index in [-0.39, 0.29) is 0 Å². The minimum absolute atomic E-state index is 0.973. The third kappa shape index (κ3) is 5.87. The molecule has 0 atom stereocenters. The molecule has 0 unspecified atom stereocenters. The average Bonchev–Trinajstić information content (AvgIpc) is 4.17. The first-order chi connectivity index (χ1) is 34.7. The van der Waals surface area contributed by atoms with Crippen LogP contribution in [-0.2, 0) is 6.42 Å². The molecule has 1 aliphatic rings. The number of aromatic nitrogens is 3. The van der Waals surface area contributed by atoms with E-state index in [9.17, 15) is 0 Å². The zero-order chi connectivity index (χ0) is 45.9. The molecule has 14 aromatic rings. The standard InChI is InChI=1S/C66H43N3S/c1-4-17-46(18-5-1)67-59-28-13-10-23-50(59)55-37-42(31-34-62(55)67)45-40-54(44-33-36-64-57(39-44)52-25-12-15-30-61(52)69(64)48-21-8-3-9-22-48)66-58(41-45)53-27-16-26-49(65(53)70-66)43-32-35-63-56(38-43)51-24-11-14-29-60(51)68(63)47-19-6-2-7-20-47/h1-31,33-34,36-41H,32,35H2. The number of allylic oxidation sites excluding steroid dienone is 1. The third-order valence-electron chi connectivity index (χ3n) is 14.9. The number of fused-ring (bicyclic) bond motifs is 12. The Morgan fingerprint density at radius 3 is 1.40 bits per heavy atom. The number of benzene rings is 10. The van der Waals surface area contributed by atoms with Crippen LogP contribution in [0.3, 0.4) is 0 Å². The summed E-state index contributed by atoms with van der Waals surface area (Å²) in [5.41, 5.74) is 20.0. The molecule has 0 radical (unpaired) electrons. The average molecular weight is 910 g/mol. The van der Waals surface area contributed by atoms with Crippen molar-refractivity contribution in [1.29, 1.82) is 0 Å². The zero-order valence-corrected chi connectivity index (χ0v) is 39.0. The van der Waals surface area contributed by atoms with E-state index in [1.54, 1.807) is 0 Å². The summed E-state index contributed by atoms with van der Waals surface area (Å²) in [5, 5.41) is 8.93. The minimum Gasteiger partial charge on any atom is -0.313 e. The molecule has 0 spiro atoms. The van der Waals surface area contributed by atoms with Crippen LogP contribution in [-0.4, -0.2) is 13.7 Å². The molecule has 4 heteroatoms. The van der Waals surface area contributed by atoms with Crippen molar-refractivity contribution in [2.24, 2.45) is 0 Å². The van der Waals surface area contributed by atoms with Crippen LogP contribution in [0.1, 0.15) is 23.2 Å². The molecule has 10 aromatic carbocycles. The Kier molecular flexibility index (Phi) is 8.65. The highest BCUT2D eigenvalue weighted by Gasteiger charge is 2.25. The summed E-state index contributed by atoms with van der Waals surface area (Å²) in [5.74, 6) is 0. The zero-order valence-electron chi connectivity index (χ0n) is 38.2. The largest absolute Gasteiger partial charge is 0.313 e. The van der Waals surface area contributed by atoms with Crippen molar-refractivity contribution < 1.29 is 0 Å². The molecule has 4 aromatic heterocycles. The van der Waals surface area contributed by atoms with Crippen molar-refractivity contribution in [3.8, 4) is 39.3 Å². The SMILES string of the molecule is C1=C(c2cccc3c2sc2c(-c4ccc5c(c4)c4ccccc4n5-c4ccccc4)cc(-c4ccc5c(c4)c4ccccc4n5-c4ccccc4)cc23)CCc2c1c1ccccc1n2-c1ccccc1. The van der Waals surface area contributed by atoms with Crippen molar-refractivity contribution in [1.82, 2.24) is 13.7 Å². The second-order valence-corrected chi connectivity index (χ2v) is 19.8. The highest BCUT2D eigenvalue weighted by atomic mass is 32.1.